The zero-order valence-electron chi connectivity index (χ0n) is 20.6. The Kier molecular flexibility index (Phi) is 7.40. The molecule has 2 aromatic carbocycles. The number of aryl methyl sites for hydroxylation is 1. The van der Waals surface area contributed by atoms with Gasteiger partial charge in [0, 0.05) is 38.8 Å². The highest BCUT2D eigenvalue weighted by atomic mass is 32.1. The third-order valence-electron chi connectivity index (χ3n) is 6.78. The van der Waals surface area contributed by atoms with Crippen molar-refractivity contribution in [1.82, 2.24) is 14.8 Å². The van der Waals surface area contributed by atoms with Crippen molar-refractivity contribution in [2.75, 3.05) is 44.2 Å². The highest BCUT2D eigenvalue weighted by Crippen LogP contribution is 2.34. The molecular formula is C26H27F3N4O4S. The van der Waals surface area contributed by atoms with Gasteiger partial charge in [0.25, 0.3) is 5.91 Å². The number of carbonyl (C=O) groups excluding carboxylic acids is 2. The van der Waals surface area contributed by atoms with E-state index >= 15 is 0 Å². The molecule has 2 fully saturated rings. The fourth-order valence-corrected chi connectivity index (χ4v) is 5.71. The predicted octanol–water partition coefficient (Wildman–Crippen LogP) is 3.31. The van der Waals surface area contributed by atoms with Crippen molar-refractivity contribution in [3.05, 3.63) is 53.0 Å². The first kappa shape index (κ1) is 26.5. The summed E-state index contributed by atoms with van der Waals surface area (Å²) in [5, 5.41) is 11.5. The molecule has 38 heavy (non-hydrogen) atoms. The molecule has 1 N–H and O–H groups in total. The summed E-state index contributed by atoms with van der Waals surface area (Å²) in [5.41, 5.74) is -0.112. The van der Waals surface area contributed by atoms with Crippen LogP contribution >= 0.6 is 11.3 Å². The van der Waals surface area contributed by atoms with Gasteiger partial charge in [0.1, 0.15) is 18.5 Å². The van der Waals surface area contributed by atoms with Crippen LogP contribution in [0.5, 0.6) is 5.75 Å². The first-order chi connectivity index (χ1) is 18.1. The van der Waals surface area contributed by atoms with Gasteiger partial charge in [-0.05, 0) is 37.3 Å². The van der Waals surface area contributed by atoms with Crippen molar-refractivity contribution in [3.63, 3.8) is 0 Å². The Bertz CT molecular complexity index is 1340. The number of β-amino-alcohol motifs (C(OH)–C–C–N with tert-alkyl or cyclic N) is 1. The van der Waals surface area contributed by atoms with E-state index in [0.29, 0.717) is 38.5 Å². The molecule has 3 aromatic rings. The number of rotatable bonds is 7. The molecule has 8 nitrogen and oxygen atoms in total. The fraction of sp³-hybridized carbons (Fsp3) is 0.423. The number of nitrogens with zero attached hydrogens (tertiary/aromatic N) is 4. The largest absolute Gasteiger partial charge is 0.491 e. The van der Waals surface area contributed by atoms with Crippen molar-refractivity contribution in [2.24, 2.45) is 0 Å². The third kappa shape index (κ3) is 5.68. The number of imide groups is 1. The summed E-state index contributed by atoms with van der Waals surface area (Å²) in [4.78, 5) is 34.9. The zero-order valence-corrected chi connectivity index (χ0v) is 21.5. The van der Waals surface area contributed by atoms with Crippen LogP contribution in [0.4, 0.5) is 18.9 Å². The first-order valence-corrected chi connectivity index (χ1v) is 13.1. The molecule has 1 aromatic heterocycles. The van der Waals surface area contributed by atoms with E-state index in [1.807, 2.05) is 30.0 Å². The second-order valence-electron chi connectivity index (χ2n) is 9.50. The molecule has 2 saturated heterocycles. The SMILES string of the molecule is Cc1nc2cc(OC[C@H](O)CN3CCN(C4CC(=O)N(c5cccc(C(F)(F)F)c5)C4=O)CC3)ccc2s1. The summed E-state index contributed by atoms with van der Waals surface area (Å²) in [7, 11) is 0. The molecule has 1 unspecified atom stereocenters. The van der Waals surface area contributed by atoms with Crippen molar-refractivity contribution < 1.29 is 32.6 Å². The van der Waals surface area contributed by atoms with Gasteiger partial charge >= 0.3 is 6.18 Å². The minimum Gasteiger partial charge on any atom is -0.491 e. The number of carbonyl (C=O) groups is 2. The van der Waals surface area contributed by atoms with Crippen LogP contribution in [0.2, 0.25) is 0 Å². The molecule has 2 aliphatic heterocycles. The molecule has 0 bridgehead atoms. The maximum atomic E-state index is 13.1. The van der Waals surface area contributed by atoms with Gasteiger partial charge in [-0.1, -0.05) is 6.07 Å². The Morgan fingerprint density at radius 3 is 2.63 bits per heavy atom. The molecule has 12 heteroatoms. The number of benzene rings is 2. The van der Waals surface area contributed by atoms with Gasteiger partial charge in [0.05, 0.1) is 38.9 Å². The lowest BCUT2D eigenvalue weighted by Gasteiger charge is -2.37. The van der Waals surface area contributed by atoms with Crippen LogP contribution in [-0.2, 0) is 15.8 Å². The number of hydrogen-bond acceptors (Lipinski definition) is 8. The van der Waals surface area contributed by atoms with Crippen molar-refractivity contribution in [1.29, 1.82) is 0 Å². The van der Waals surface area contributed by atoms with E-state index < -0.39 is 35.7 Å². The number of fused-ring (bicyclic) bond motifs is 1. The number of aromatic nitrogens is 1. The normalized spacial score (nSPS) is 20.4. The highest BCUT2D eigenvalue weighted by Gasteiger charge is 2.44. The number of piperazine rings is 1. The zero-order chi connectivity index (χ0) is 27.0. The molecule has 202 valence electrons. The van der Waals surface area contributed by atoms with Crippen LogP contribution in [0.3, 0.4) is 0 Å². The minimum atomic E-state index is -4.57. The number of ether oxygens (including phenoxy) is 1. The van der Waals surface area contributed by atoms with Crippen LogP contribution in [0.1, 0.15) is 17.0 Å². The molecule has 0 aliphatic carbocycles. The Morgan fingerprint density at radius 1 is 1.13 bits per heavy atom. The number of aliphatic hydroxyl groups is 1. The van der Waals surface area contributed by atoms with E-state index in [-0.39, 0.29) is 18.7 Å². The number of thiazole rings is 1. The summed E-state index contributed by atoms with van der Waals surface area (Å²) in [6.45, 7) is 4.59. The lowest BCUT2D eigenvalue weighted by Crippen LogP contribution is -2.54. The van der Waals surface area contributed by atoms with Crippen LogP contribution in [-0.4, -0.2) is 83.2 Å². The highest BCUT2D eigenvalue weighted by molar-refractivity contribution is 7.18. The lowest BCUT2D eigenvalue weighted by atomic mass is 10.1. The molecule has 0 spiro atoms. The summed E-state index contributed by atoms with van der Waals surface area (Å²) >= 11 is 1.61. The van der Waals surface area contributed by atoms with Crippen LogP contribution < -0.4 is 9.64 Å². The Labute approximate surface area is 221 Å². The lowest BCUT2D eigenvalue weighted by molar-refractivity contribution is -0.137. The summed E-state index contributed by atoms with van der Waals surface area (Å²) in [6, 6.07) is 9.21. The quantitative estimate of drug-likeness (QED) is 0.454. The van der Waals surface area contributed by atoms with Gasteiger partial charge in [-0.15, -0.1) is 11.3 Å². The smallest absolute Gasteiger partial charge is 0.416 e. The predicted molar refractivity (Wildman–Crippen MR) is 136 cm³/mol. The van der Waals surface area contributed by atoms with Crippen LogP contribution in [0.15, 0.2) is 42.5 Å². The number of amides is 2. The number of halogens is 3. The molecule has 2 amide bonds. The van der Waals surface area contributed by atoms with Gasteiger partial charge in [0.15, 0.2) is 0 Å². The van der Waals surface area contributed by atoms with E-state index in [9.17, 15) is 27.9 Å². The summed E-state index contributed by atoms with van der Waals surface area (Å²) in [6.07, 6.45) is -5.37. The van der Waals surface area contributed by atoms with Crippen LogP contribution in [0.25, 0.3) is 10.2 Å². The Morgan fingerprint density at radius 2 is 1.89 bits per heavy atom. The molecule has 2 aliphatic rings. The molecule has 5 rings (SSSR count). The van der Waals surface area contributed by atoms with E-state index in [4.69, 9.17) is 4.74 Å². The molecule has 3 heterocycles. The maximum Gasteiger partial charge on any atom is 0.416 e. The van der Waals surface area contributed by atoms with Crippen molar-refractivity contribution in [2.45, 2.75) is 31.7 Å². The molecular weight excluding hydrogens is 521 g/mol. The Hall–Kier alpha value is -3.06. The fourth-order valence-electron chi connectivity index (χ4n) is 4.91. The second kappa shape index (κ2) is 10.6. The van der Waals surface area contributed by atoms with Gasteiger partial charge in [-0.2, -0.15) is 13.2 Å². The summed E-state index contributed by atoms with van der Waals surface area (Å²) < 4.78 is 46.2. The van der Waals surface area contributed by atoms with Gasteiger partial charge < -0.3 is 9.84 Å². The van der Waals surface area contributed by atoms with Crippen molar-refractivity contribution >= 4 is 39.1 Å². The van der Waals surface area contributed by atoms with Crippen molar-refractivity contribution in [3.8, 4) is 5.75 Å². The maximum absolute atomic E-state index is 13.1. The number of aliphatic hydroxyl groups excluding tert-OH is 1. The van der Waals surface area contributed by atoms with Gasteiger partial charge in [0.2, 0.25) is 5.91 Å². The third-order valence-corrected chi connectivity index (χ3v) is 7.73. The molecule has 2 atom stereocenters. The van der Waals surface area contributed by atoms with E-state index in [0.717, 1.165) is 32.3 Å². The van der Waals surface area contributed by atoms with Gasteiger partial charge in [-0.25, -0.2) is 9.88 Å². The number of hydrogen-bond donors (Lipinski definition) is 1. The van der Waals surface area contributed by atoms with Gasteiger partial charge in [-0.3, -0.25) is 19.4 Å². The number of alkyl halides is 3. The second-order valence-corrected chi connectivity index (χ2v) is 10.7. The Balaban J connectivity index is 1.12. The standard InChI is InChI=1S/C26H27F3N4O4S/c1-16-30-21-12-20(5-6-23(21)38-16)37-15-19(34)14-31-7-9-32(10-8-31)22-13-24(35)33(25(22)36)18-4-2-3-17(11-18)26(27,28)29/h2-6,11-12,19,22,34H,7-10,13-15H2,1H3/t19-,22?/m1/s1. The monoisotopic (exact) mass is 548 g/mol. The minimum absolute atomic E-state index is 0.0665. The van der Waals surface area contributed by atoms with E-state index in [1.165, 1.54) is 12.1 Å². The summed E-state index contributed by atoms with van der Waals surface area (Å²) in [5.74, 6) is -0.384. The van der Waals surface area contributed by atoms with Crippen LogP contribution in [0, 0.1) is 6.92 Å². The average molecular weight is 549 g/mol. The average Bonchev–Trinajstić information content (AvgIpc) is 3.39. The first-order valence-electron chi connectivity index (χ1n) is 12.3. The van der Waals surface area contributed by atoms with E-state index in [2.05, 4.69) is 9.88 Å². The topological polar surface area (TPSA) is 86.2 Å². The molecule has 0 radical (unpaired) electrons. The number of anilines is 1. The molecule has 0 saturated carbocycles. The van der Waals surface area contributed by atoms with E-state index in [1.54, 1.807) is 11.3 Å².